The number of aromatic carboxylic acids is 1. The molecule has 1 aliphatic heterocycles. The normalized spacial score (nSPS) is 29.4. The first-order valence-electron chi connectivity index (χ1n) is 6.52. The summed E-state index contributed by atoms with van der Waals surface area (Å²) in [5.41, 5.74) is 0.774. The summed E-state index contributed by atoms with van der Waals surface area (Å²) in [5, 5.41) is 9.04. The summed E-state index contributed by atoms with van der Waals surface area (Å²) in [5.74, 6) is 0.402. The second-order valence-electron chi connectivity index (χ2n) is 5.57. The lowest BCUT2D eigenvalue weighted by Gasteiger charge is -2.41. The molecule has 1 aromatic heterocycles. The molecule has 2 heterocycles. The van der Waals surface area contributed by atoms with E-state index in [4.69, 9.17) is 9.52 Å². The van der Waals surface area contributed by atoms with Gasteiger partial charge in [0.2, 0.25) is 5.76 Å². The quantitative estimate of drug-likeness (QED) is 0.897. The van der Waals surface area contributed by atoms with E-state index in [9.17, 15) is 4.79 Å². The molecule has 0 bridgehead atoms. The van der Waals surface area contributed by atoms with Crippen molar-refractivity contribution in [3.8, 4) is 0 Å². The van der Waals surface area contributed by atoms with Gasteiger partial charge in [0.25, 0.3) is 0 Å². The van der Waals surface area contributed by atoms with Gasteiger partial charge in [-0.1, -0.05) is 13.8 Å². The Balaban J connectivity index is 2.12. The molecule has 0 saturated carbocycles. The predicted octanol–water partition coefficient (Wildman–Crippen LogP) is 2.84. The highest BCUT2D eigenvalue weighted by atomic mass is 16.4. The van der Waals surface area contributed by atoms with E-state index in [1.54, 1.807) is 6.07 Å². The van der Waals surface area contributed by atoms with Crippen molar-refractivity contribution in [2.75, 3.05) is 6.54 Å². The van der Waals surface area contributed by atoms with Gasteiger partial charge < -0.3 is 9.52 Å². The molecule has 0 amide bonds. The molecule has 0 aromatic carbocycles. The number of hydrogen-bond acceptors (Lipinski definition) is 3. The van der Waals surface area contributed by atoms with Gasteiger partial charge in [-0.25, -0.2) is 4.79 Å². The van der Waals surface area contributed by atoms with Crippen LogP contribution in [0.5, 0.6) is 0 Å². The van der Waals surface area contributed by atoms with Crippen LogP contribution in [0.3, 0.4) is 0 Å². The number of likely N-dealkylation sites (tertiary alicyclic amines) is 1. The maximum Gasteiger partial charge on any atom is 0.372 e. The largest absolute Gasteiger partial charge is 0.475 e. The number of nitrogens with zero attached hydrogens (tertiary/aromatic N) is 1. The first-order chi connectivity index (χ1) is 8.49. The summed E-state index contributed by atoms with van der Waals surface area (Å²) >= 11 is 0. The fourth-order valence-corrected chi connectivity index (χ4v) is 2.91. The maximum absolute atomic E-state index is 11.0. The Morgan fingerprint density at radius 2 is 2.22 bits per heavy atom. The van der Waals surface area contributed by atoms with Gasteiger partial charge >= 0.3 is 5.97 Å². The number of hydrogen-bond donors (Lipinski definition) is 1. The third kappa shape index (κ3) is 2.58. The van der Waals surface area contributed by atoms with Gasteiger partial charge in [0.15, 0.2) is 0 Å². The van der Waals surface area contributed by atoms with Crippen LogP contribution in [0.25, 0.3) is 0 Å². The van der Waals surface area contributed by atoms with Crippen molar-refractivity contribution < 1.29 is 14.3 Å². The molecular formula is C14H21NO3. The lowest BCUT2D eigenvalue weighted by atomic mass is 9.86. The van der Waals surface area contributed by atoms with Gasteiger partial charge in [-0.2, -0.15) is 0 Å². The summed E-state index contributed by atoms with van der Waals surface area (Å²) in [6.45, 7) is 8.42. The first-order valence-corrected chi connectivity index (χ1v) is 6.52. The van der Waals surface area contributed by atoms with Crippen molar-refractivity contribution >= 4 is 5.97 Å². The Kier molecular flexibility index (Phi) is 3.76. The van der Waals surface area contributed by atoms with E-state index in [-0.39, 0.29) is 5.76 Å². The van der Waals surface area contributed by atoms with Crippen LogP contribution < -0.4 is 0 Å². The Bertz CT molecular complexity index is 426. The van der Waals surface area contributed by atoms with Crippen molar-refractivity contribution in [2.45, 2.75) is 39.8 Å². The highest BCUT2D eigenvalue weighted by molar-refractivity contribution is 5.86. The molecule has 4 nitrogen and oxygen atoms in total. The van der Waals surface area contributed by atoms with Crippen molar-refractivity contribution in [1.82, 2.24) is 4.90 Å². The molecule has 0 radical (unpaired) electrons. The number of carboxylic acid groups (broad SMARTS) is 1. The molecule has 100 valence electrons. The third-order valence-corrected chi connectivity index (χ3v) is 4.03. The van der Waals surface area contributed by atoms with E-state index in [0.717, 1.165) is 12.1 Å². The second kappa shape index (κ2) is 5.14. The van der Waals surface area contributed by atoms with Crippen LogP contribution in [0.15, 0.2) is 16.7 Å². The average Bonchev–Trinajstić information content (AvgIpc) is 2.73. The number of carbonyl (C=O) groups is 1. The summed E-state index contributed by atoms with van der Waals surface area (Å²) in [4.78, 5) is 13.4. The van der Waals surface area contributed by atoms with Gasteiger partial charge in [-0.3, -0.25) is 4.90 Å². The van der Waals surface area contributed by atoms with Crippen molar-refractivity contribution in [2.24, 2.45) is 11.8 Å². The topological polar surface area (TPSA) is 53.7 Å². The smallest absolute Gasteiger partial charge is 0.372 e. The molecule has 4 heteroatoms. The fraction of sp³-hybridized carbons (Fsp3) is 0.643. The molecule has 3 unspecified atom stereocenters. The molecule has 0 spiro atoms. The first kappa shape index (κ1) is 13.1. The standard InChI is InChI=1S/C14H21NO3/c1-9-6-10(2)11(3)15(7-9)8-12-4-5-18-13(12)14(16)17/h4-5,9-11H,6-8H2,1-3H3,(H,16,17). The number of furan rings is 1. The molecule has 1 fully saturated rings. The molecule has 3 atom stereocenters. The number of piperidine rings is 1. The van der Waals surface area contributed by atoms with Crippen LogP contribution in [0, 0.1) is 11.8 Å². The summed E-state index contributed by atoms with van der Waals surface area (Å²) in [6.07, 6.45) is 2.70. The summed E-state index contributed by atoms with van der Waals surface area (Å²) < 4.78 is 5.03. The zero-order chi connectivity index (χ0) is 13.3. The second-order valence-corrected chi connectivity index (χ2v) is 5.57. The van der Waals surface area contributed by atoms with Gasteiger partial charge in [0, 0.05) is 24.7 Å². The summed E-state index contributed by atoms with van der Waals surface area (Å²) in [6, 6.07) is 2.25. The minimum Gasteiger partial charge on any atom is -0.475 e. The van der Waals surface area contributed by atoms with Crippen molar-refractivity contribution in [3.63, 3.8) is 0 Å². The van der Waals surface area contributed by atoms with Crippen LogP contribution in [0.4, 0.5) is 0 Å². The summed E-state index contributed by atoms with van der Waals surface area (Å²) in [7, 11) is 0. The van der Waals surface area contributed by atoms with E-state index >= 15 is 0 Å². The van der Waals surface area contributed by atoms with Crippen LogP contribution in [0.1, 0.15) is 43.3 Å². The molecule has 18 heavy (non-hydrogen) atoms. The fourth-order valence-electron chi connectivity index (χ4n) is 2.91. The average molecular weight is 251 g/mol. The van der Waals surface area contributed by atoms with E-state index < -0.39 is 5.97 Å². The Morgan fingerprint density at radius 3 is 2.89 bits per heavy atom. The van der Waals surface area contributed by atoms with Gasteiger partial charge in [-0.05, 0) is 31.2 Å². The zero-order valence-electron chi connectivity index (χ0n) is 11.2. The highest BCUT2D eigenvalue weighted by Gasteiger charge is 2.29. The molecule has 2 rings (SSSR count). The molecule has 0 aliphatic carbocycles. The van der Waals surface area contributed by atoms with E-state index in [2.05, 4.69) is 25.7 Å². The van der Waals surface area contributed by atoms with Gasteiger partial charge in [0.05, 0.1) is 6.26 Å². The van der Waals surface area contributed by atoms with Crippen LogP contribution >= 0.6 is 0 Å². The van der Waals surface area contributed by atoms with Crippen LogP contribution in [0.2, 0.25) is 0 Å². The lowest BCUT2D eigenvalue weighted by molar-refractivity contribution is 0.0632. The van der Waals surface area contributed by atoms with E-state index in [1.807, 2.05) is 0 Å². The Labute approximate surface area is 108 Å². The third-order valence-electron chi connectivity index (χ3n) is 4.03. The molecule has 1 N–H and O–H groups in total. The Morgan fingerprint density at radius 1 is 1.50 bits per heavy atom. The van der Waals surface area contributed by atoms with E-state index in [0.29, 0.717) is 24.4 Å². The lowest BCUT2D eigenvalue weighted by Crippen LogP contribution is -2.45. The minimum atomic E-state index is -0.985. The van der Waals surface area contributed by atoms with Crippen molar-refractivity contribution in [3.05, 3.63) is 23.7 Å². The van der Waals surface area contributed by atoms with Gasteiger partial charge in [0.1, 0.15) is 0 Å². The van der Waals surface area contributed by atoms with Crippen molar-refractivity contribution in [1.29, 1.82) is 0 Å². The molecular weight excluding hydrogens is 230 g/mol. The van der Waals surface area contributed by atoms with Crippen LogP contribution in [-0.4, -0.2) is 28.6 Å². The predicted molar refractivity (Wildman–Crippen MR) is 68.5 cm³/mol. The molecule has 1 saturated heterocycles. The molecule has 1 aliphatic rings. The van der Waals surface area contributed by atoms with Crippen LogP contribution in [-0.2, 0) is 6.54 Å². The minimum absolute atomic E-state index is 0.0769. The van der Waals surface area contributed by atoms with Gasteiger partial charge in [-0.15, -0.1) is 0 Å². The SMILES string of the molecule is CC1CC(C)C(C)N(Cc2ccoc2C(=O)O)C1. The van der Waals surface area contributed by atoms with E-state index in [1.165, 1.54) is 12.7 Å². The maximum atomic E-state index is 11.0. The Hall–Kier alpha value is -1.29. The number of carboxylic acids is 1. The molecule has 1 aromatic rings. The number of rotatable bonds is 3. The zero-order valence-corrected chi connectivity index (χ0v) is 11.2. The highest BCUT2D eigenvalue weighted by Crippen LogP contribution is 2.28. The monoisotopic (exact) mass is 251 g/mol.